The maximum absolute atomic E-state index is 11.3. The number of oxime groups is 1. The Bertz CT molecular complexity index is 206. The van der Waals surface area contributed by atoms with Crippen molar-refractivity contribution >= 4 is 11.7 Å². The molecule has 0 heterocycles. The molecule has 3 N–H and O–H groups in total. The number of nitrogens with two attached hydrogens (primary N) is 1. The first-order valence-electron chi connectivity index (χ1n) is 4.40. The standard InChI is InChI=1S/C8H17N3O3/c1-3-4-14-6-8(12)11(2)5-7(9)10-13/h13H,3-6H2,1-2H3,(H2,9,10). The zero-order chi connectivity index (χ0) is 11.0. The lowest BCUT2D eigenvalue weighted by Crippen LogP contribution is -2.37. The fourth-order valence-electron chi connectivity index (χ4n) is 0.777. The Morgan fingerprint density at radius 3 is 2.79 bits per heavy atom. The third-order valence-corrected chi connectivity index (χ3v) is 1.53. The van der Waals surface area contributed by atoms with Gasteiger partial charge in [0, 0.05) is 13.7 Å². The maximum Gasteiger partial charge on any atom is 0.248 e. The van der Waals surface area contributed by atoms with Gasteiger partial charge in [-0.15, -0.1) is 0 Å². The second-order valence-corrected chi connectivity index (χ2v) is 2.89. The lowest BCUT2D eigenvalue weighted by molar-refractivity contribution is -0.134. The van der Waals surface area contributed by atoms with E-state index in [1.54, 1.807) is 7.05 Å². The molecule has 1 amide bonds. The molecule has 0 saturated carbocycles. The smallest absolute Gasteiger partial charge is 0.248 e. The van der Waals surface area contributed by atoms with Gasteiger partial charge < -0.3 is 20.6 Å². The second-order valence-electron chi connectivity index (χ2n) is 2.89. The molecule has 0 aromatic carbocycles. The molecule has 0 aliphatic carbocycles. The predicted molar refractivity (Wildman–Crippen MR) is 52.2 cm³/mol. The van der Waals surface area contributed by atoms with Crippen molar-refractivity contribution in [1.82, 2.24) is 4.90 Å². The Labute approximate surface area is 83.3 Å². The topological polar surface area (TPSA) is 88.2 Å². The predicted octanol–water partition coefficient (Wildman–Crippen LogP) is -0.382. The quantitative estimate of drug-likeness (QED) is 0.202. The van der Waals surface area contributed by atoms with Gasteiger partial charge in [-0.1, -0.05) is 12.1 Å². The molecule has 0 aliphatic rings. The average molecular weight is 203 g/mol. The highest BCUT2D eigenvalue weighted by Gasteiger charge is 2.09. The first-order valence-corrected chi connectivity index (χ1v) is 4.40. The third-order valence-electron chi connectivity index (χ3n) is 1.53. The van der Waals surface area contributed by atoms with E-state index < -0.39 is 0 Å². The van der Waals surface area contributed by atoms with Crippen molar-refractivity contribution in [2.75, 3.05) is 26.8 Å². The van der Waals surface area contributed by atoms with Crippen LogP contribution in [0.2, 0.25) is 0 Å². The largest absolute Gasteiger partial charge is 0.409 e. The van der Waals surface area contributed by atoms with Crippen molar-refractivity contribution < 1.29 is 14.7 Å². The second kappa shape index (κ2) is 7.14. The van der Waals surface area contributed by atoms with E-state index in [1.807, 2.05) is 6.92 Å². The Morgan fingerprint density at radius 1 is 1.64 bits per heavy atom. The van der Waals surface area contributed by atoms with Gasteiger partial charge in [-0.3, -0.25) is 4.79 Å². The molecule has 0 spiro atoms. The summed E-state index contributed by atoms with van der Waals surface area (Å²) in [5, 5.41) is 11.0. The van der Waals surface area contributed by atoms with Crippen LogP contribution in [0, 0.1) is 0 Å². The summed E-state index contributed by atoms with van der Waals surface area (Å²) in [6.07, 6.45) is 0.872. The zero-order valence-electron chi connectivity index (χ0n) is 8.56. The number of hydrogen-bond donors (Lipinski definition) is 2. The molecular weight excluding hydrogens is 186 g/mol. The molecule has 0 aliphatic heterocycles. The molecule has 0 radical (unpaired) electrons. The van der Waals surface area contributed by atoms with Crippen molar-refractivity contribution in [1.29, 1.82) is 0 Å². The summed E-state index contributed by atoms with van der Waals surface area (Å²) in [5.41, 5.74) is 5.23. The lowest BCUT2D eigenvalue weighted by Gasteiger charge is -2.15. The molecule has 0 unspecified atom stereocenters. The van der Waals surface area contributed by atoms with Gasteiger partial charge in [0.1, 0.15) is 6.61 Å². The minimum atomic E-state index is -0.190. The fourth-order valence-corrected chi connectivity index (χ4v) is 0.777. The molecule has 0 bridgehead atoms. The van der Waals surface area contributed by atoms with Gasteiger partial charge in [0.15, 0.2) is 5.84 Å². The molecular formula is C8H17N3O3. The summed E-state index contributed by atoms with van der Waals surface area (Å²) < 4.78 is 5.05. The fraction of sp³-hybridized carbons (Fsp3) is 0.750. The van der Waals surface area contributed by atoms with Crippen LogP contribution in [0.5, 0.6) is 0 Å². The maximum atomic E-state index is 11.3. The van der Waals surface area contributed by atoms with Crippen molar-refractivity contribution in [2.24, 2.45) is 10.9 Å². The summed E-state index contributed by atoms with van der Waals surface area (Å²) in [6, 6.07) is 0. The highest BCUT2D eigenvalue weighted by Crippen LogP contribution is 1.88. The van der Waals surface area contributed by atoms with Gasteiger partial charge in [0.2, 0.25) is 5.91 Å². The Kier molecular flexibility index (Phi) is 6.47. The first kappa shape index (κ1) is 12.7. The molecule has 14 heavy (non-hydrogen) atoms. The molecule has 82 valence electrons. The van der Waals surface area contributed by atoms with E-state index in [1.165, 1.54) is 4.90 Å². The van der Waals surface area contributed by atoms with Gasteiger partial charge >= 0.3 is 0 Å². The summed E-state index contributed by atoms with van der Waals surface area (Å²) in [5.74, 6) is -0.193. The summed E-state index contributed by atoms with van der Waals surface area (Å²) in [6.45, 7) is 2.65. The van der Waals surface area contributed by atoms with Gasteiger partial charge in [0.25, 0.3) is 0 Å². The van der Waals surface area contributed by atoms with E-state index in [0.717, 1.165) is 6.42 Å². The van der Waals surface area contributed by atoms with Gasteiger partial charge in [-0.2, -0.15) is 0 Å². The molecule has 0 atom stereocenters. The minimum absolute atomic E-state index is 0.00339. The average Bonchev–Trinajstić information content (AvgIpc) is 2.17. The van der Waals surface area contributed by atoms with Crippen molar-refractivity contribution in [3.8, 4) is 0 Å². The first-order chi connectivity index (χ1) is 6.61. The van der Waals surface area contributed by atoms with Crippen LogP contribution < -0.4 is 5.73 Å². The molecule has 0 saturated heterocycles. The van der Waals surface area contributed by atoms with Crippen LogP contribution in [-0.4, -0.2) is 48.7 Å². The van der Waals surface area contributed by atoms with Crippen LogP contribution in [0.15, 0.2) is 5.16 Å². The number of rotatable bonds is 6. The number of likely N-dealkylation sites (N-methyl/N-ethyl adjacent to an activating group) is 1. The number of carbonyl (C=O) groups excluding carboxylic acids is 1. The molecule has 6 nitrogen and oxygen atoms in total. The highest BCUT2D eigenvalue weighted by molar-refractivity contribution is 5.87. The third kappa shape index (κ3) is 5.36. The van der Waals surface area contributed by atoms with Crippen LogP contribution in [0.1, 0.15) is 13.3 Å². The monoisotopic (exact) mass is 203 g/mol. The summed E-state index contributed by atoms with van der Waals surface area (Å²) in [7, 11) is 1.57. The Balaban J connectivity index is 3.76. The number of nitrogens with zero attached hydrogens (tertiary/aromatic N) is 2. The molecule has 0 aromatic heterocycles. The number of ether oxygens (including phenoxy) is 1. The lowest BCUT2D eigenvalue weighted by atomic mass is 10.4. The van der Waals surface area contributed by atoms with Crippen LogP contribution in [0.25, 0.3) is 0 Å². The van der Waals surface area contributed by atoms with Crippen molar-refractivity contribution in [2.45, 2.75) is 13.3 Å². The van der Waals surface area contributed by atoms with Gasteiger partial charge in [-0.05, 0) is 6.42 Å². The van der Waals surface area contributed by atoms with Crippen LogP contribution in [0.4, 0.5) is 0 Å². The number of amidine groups is 1. The molecule has 0 fully saturated rings. The summed E-state index contributed by atoms with van der Waals surface area (Å²) in [4.78, 5) is 12.6. The minimum Gasteiger partial charge on any atom is -0.409 e. The van der Waals surface area contributed by atoms with E-state index in [9.17, 15) is 4.79 Å². The van der Waals surface area contributed by atoms with Crippen LogP contribution in [0.3, 0.4) is 0 Å². The Morgan fingerprint density at radius 2 is 2.29 bits per heavy atom. The van der Waals surface area contributed by atoms with Gasteiger partial charge in [0.05, 0.1) is 6.54 Å². The summed E-state index contributed by atoms with van der Waals surface area (Å²) >= 11 is 0. The van der Waals surface area contributed by atoms with E-state index in [4.69, 9.17) is 15.7 Å². The molecule has 0 aromatic rings. The number of hydrogen-bond acceptors (Lipinski definition) is 4. The molecule has 0 rings (SSSR count). The van der Waals surface area contributed by atoms with E-state index >= 15 is 0 Å². The van der Waals surface area contributed by atoms with Crippen LogP contribution in [-0.2, 0) is 9.53 Å². The number of carbonyl (C=O) groups is 1. The SMILES string of the molecule is CCCOCC(=O)N(C)CC(N)=NO. The highest BCUT2D eigenvalue weighted by atomic mass is 16.5. The number of amides is 1. The van der Waals surface area contributed by atoms with E-state index in [0.29, 0.717) is 6.61 Å². The van der Waals surface area contributed by atoms with Crippen molar-refractivity contribution in [3.63, 3.8) is 0 Å². The normalized spacial score (nSPS) is 11.4. The molecule has 6 heteroatoms. The zero-order valence-corrected chi connectivity index (χ0v) is 8.56. The van der Waals surface area contributed by atoms with E-state index in [2.05, 4.69) is 5.16 Å². The van der Waals surface area contributed by atoms with Crippen molar-refractivity contribution in [3.05, 3.63) is 0 Å². The van der Waals surface area contributed by atoms with E-state index in [-0.39, 0.29) is 24.9 Å². The Hall–Kier alpha value is -1.30. The van der Waals surface area contributed by atoms with Crippen LogP contribution >= 0.6 is 0 Å². The van der Waals surface area contributed by atoms with Gasteiger partial charge in [-0.25, -0.2) is 0 Å².